The Labute approximate surface area is 98.1 Å². The molecule has 0 spiro atoms. The molecule has 0 radical (unpaired) electrons. The number of carbonyl (C=O) groups excluding carboxylic acids is 1. The number of rotatable bonds is 5. The zero-order chi connectivity index (χ0) is 12.8. The molecular formula is C11H14N2O4. The molecule has 0 saturated carbocycles. The fourth-order valence-corrected chi connectivity index (χ4v) is 1.18. The number of amides is 1. The van der Waals surface area contributed by atoms with Gasteiger partial charge >= 0.3 is 5.97 Å². The molecule has 1 unspecified atom stereocenters. The number of carboxylic acid groups (broad SMARTS) is 1. The van der Waals surface area contributed by atoms with Crippen molar-refractivity contribution in [2.45, 2.75) is 18.9 Å². The van der Waals surface area contributed by atoms with E-state index >= 15 is 0 Å². The molecule has 6 nitrogen and oxygen atoms in total. The molecule has 0 aliphatic heterocycles. The van der Waals surface area contributed by atoms with Crippen molar-refractivity contribution in [3.05, 3.63) is 24.3 Å². The van der Waals surface area contributed by atoms with Crippen molar-refractivity contribution in [1.29, 1.82) is 0 Å². The van der Waals surface area contributed by atoms with E-state index in [-0.39, 0.29) is 24.5 Å². The molecular weight excluding hydrogens is 224 g/mol. The Morgan fingerprint density at radius 1 is 1.29 bits per heavy atom. The minimum absolute atomic E-state index is 0.0361. The van der Waals surface area contributed by atoms with Crippen LogP contribution in [0.25, 0.3) is 0 Å². The molecule has 1 aromatic carbocycles. The van der Waals surface area contributed by atoms with E-state index in [4.69, 9.17) is 15.9 Å². The second-order valence-electron chi connectivity index (χ2n) is 3.58. The largest absolute Gasteiger partial charge is 0.508 e. The number of aliphatic carboxylic acids is 1. The second kappa shape index (κ2) is 5.86. The summed E-state index contributed by atoms with van der Waals surface area (Å²) in [6.45, 7) is 0. The lowest BCUT2D eigenvalue weighted by Gasteiger charge is -2.07. The highest BCUT2D eigenvalue weighted by molar-refractivity contribution is 5.91. The normalized spacial score (nSPS) is 11.8. The number of carboxylic acids is 1. The number of nitrogens with two attached hydrogens (primary N) is 1. The van der Waals surface area contributed by atoms with Crippen molar-refractivity contribution >= 4 is 17.6 Å². The van der Waals surface area contributed by atoms with E-state index in [0.717, 1.165) is 0 Å². The number of benzene rings is 1. The molecule has 0 saturated heterocycles. The monoisotopic (exact) mass is 238 g/mol. The third kappa shape index (κ3) is 4.52. The number of phenolic OH excluding ortho intramolecular Hbond substituents is 1. The molecule has 1 rings (SSSR count). The van der Waals surface area contributed by atoms with Crippen LogP contribution in [0.4, 0.5) is 5.69 Å². The van der Waals surface area contributed by atoms with Crippen LogP contribution in [0, 0.1) is 0 Å². The number of anilines is 1. The maximum atomic E-state index is 11.4. The Bertz CT molecular complexity index is 402. The summed E-state index contributed by atoms with van der Waals surface area (Å²) in [6, 6.07) is 4.95. The first-order valence-corrected chi connectivity index (χ1v) is 5.06. The first-order valence-electron chi connectivity index (χ1n) is 5.06. The fraction of sp³-hybridized carbons (Fsp3) is 0.273. The van der Waals surface area contributed by atoms with Gasteiger partial charge in [-0.2, -0.15) is 0 Å². The van der Waals surface area contributed by atoms with Crippen molar-refractivity contribution in [2.24, 2.45) is 5.73 Å². The summed E-state index contributed by atoms with van der Waals surface area (Å²) in [5.41, 5.74) is 5.80. The molecule has 0 fully saturated rings. The molecule has 1 amide bonds. The number of carbonyl (C=O) groups is 2. The van der Waals surface area contributed by atoms with Gasteiger partial charge in [0.15, 0.2) is 0 Å². The van der Waals surface area contributed by atoms with Crippen LogP contribution in [-0.4, -0.2) is 28.1 Å². The van der Waals surface area contributed by atoms with E-state index in [9.17, 15) is 9.59 Å². The maximum Gasteiger partial charge on any atom is 0.320 e. The van der Waals surface area contributed by atoms with Gasteiger partial charge in [-0.25, -0.2) is 0 Å². The molecule has 5 N–H and O–H groups in total. The van der Waals surface area contributed by atoms with E-state index in [1.165, 1.54) is 12.1 Å². The van der Waals surface area contributed by atoms with Crippen LogP contribution < -0.4 is 11.1 Å². The number of hydrogen-bond acceptors (Lipinski definition) is 4. The smallest absolute Gasteiger partial charge is 0.320 e. The van der Waals surface area contributed by atoms with Gasteiger partial charge in [0.1, 0.15) is 11.8 Å². The molecule has 0 aliphatic rings. The van der Waals surface area contributed by atoms with Gasteiger partial charge in [-0.15, -0.1) is 0 Å². The quantitative estimate of drug-likeness (QED) is 0.559. The zero-order valence-corrected chi connectivity index (χ0v) is 9.09. The van der Waals surface area contributed by atoms with Crippen LogP contribution in [-0.2, 0) is 9.59 Å². The Kier molecular flexibility index (Phi) is 4.47. The lowest BCUT2D eigenvalue weighted by atomic mass is 10.1. The SMILES string of the molecule is NC(CCC(=O)Nc1ccc(O)cc1)C(=O)O. The van der Waals surface area contributed by atoms with Crippen LogP contribution >= 0.6 is 0 Å². The van der Waals surface area contributed by atoms with Gasteiger partial charge in [-0.05, 0) is 30.7 Å². The maximum absolute atomic E-state index is 11.4. The topological polar surface area (TPSA) is 113 Å². The third-order valence-electron chi connectivity index (χ3n) is 2.15. The summed E-state index contributed by atoms with van der Waals surface area (Å²) in [4.78, 5) is 21.8. The van der Waals surface area contributed by atoms with Crippen LogP contribution in [0.3, 0.4) is 0 Å². The second-order valence-corrected chi connectivity index (χ2v) is 3.58. The van der Waals surface area contributed by atoms with Crippen LogP contribution in [0.5, 0.6) is 5.75 Å². The Morgan fingerprint density at radius 2 is 1.88 bits per heavy atom. The zero-order valence-electron chi connectivity index (χ0n) is 9.09. The molecule has 0 aromatic heterocycles. The van der Waals surface area contributed by atoms with Gasteiger partial charge in [0.25, 0.3) is 0 Å². The Balaban J connectivity index is 2.39. The molecule has 0 heterocycles. The molecule has 92 valence electrons. The van der Waals surface area contributed by atoms with Crippen LogP contribution in [0.15, 0.2) is 24.3 Å². The summed E-state index contributed by atoms with van der Waals surface area (Å²) in [5.74, 6) is -1.33. The van der Waals surface area contributed by atoms with Crippen molar-refractivity contribution in [1.82, 2.24) is 0 Å². The van der Waals surface area contributed by atoms with E-state index in [0.29, 0.717) is 5.69 Å². The standard InChI is InChI=1S/C11H14N2O4/c12-9(11(16)17)5-6-10(15)13-7-1-3-8(14)4-2-7/h1-4,9,14H,5-6,12H2,(H,13,15)(H,16,17). The van der Waals surface area contributed by atoms with Crippen molar-refractivity contribution in [3.8, 4) is 5.75 Å². The first-order chi connectivity index (χ1) is 7.99. The highest BCUT2D eigenvalue weighted by atomic mass is 16.4. The minimum Gasteiger partial charge on any atom is -0.508 e. The molecule has 1 aromatic rings. The average molecular weight is 238 g/mol. The highest BCUT2D eigenvalue weighted by Gasteiger charge is 2.13. The molecule has 0 aliphatic carbocycles. The number of aromatic hydroxyl groups is 1. The number of phenols is 1. The van der Waals surface area contributed by atoms with Crippen LogP contribution in [0.2, 0.25) is 0 Å². The lowest BCUT2D eigenvalue weighted by Crippen LogP contribution is -2.31. The number of hydrogen-bond donors (Lipinski definition) is 4. The fourth-order valence-electron chi connectivity index (χ4n) is 1.18. The van der Waals surface area contributed by atoms with E-state index < -0.39 is 12.0 Å². The van der Waals surface area contributed by atoms with Gasteiger partial charge < -0.3 is 21.3 Å². The third-order valence-corrected chi connectivity index (χ3v) is 2.15. The van der Waals surface area contributed by atoms with Crippen LogP contribution in [0.1, 0.15) is 12.8 Å². The van der Waals surface area contributed by atoms with Gasteiger partial charge in [-0.1, -0.05) is 0 Å². The summed E-state index contributed by atoms with van der Waals surface area (Å²) in [6.07, 6.45) is 0.119. The predicted octanol–water partition coefficient (Wildman–Crippen LogP) is 0.523. The first kappa shape index (κ1) is 13.0. The Hall–Kier alpha value is -2.08. The molecule has 1 atom stereocenters. The van der Waals surface area contributed by atoms with E-state index in [1.807, 2.05) is 0 Å². The lowest BCUT2D eigenvalue weighted by molar-refractivity contribution is -0.138. The molecule has 17 heavy (non-hydrogen) atoms. The highest BCUT2D eigenvalue weighted by Crippen LogP contribution is 2.14. The summed E-state index contributed by atoms with van der Waals surface area (Å²) in [7, 11) is 0. The predicted molar refractivity (Wildman–Crippen MR) is 61.6 cm³/mol. The summed E-state index contributed by atoms with van der Waals surface area (Å²) >= 11 is 0. The van der Waals surface area contributed by atoms with Gasteiger partial charge in [-0.3, -0.25) is 9.59 Å². The average Bonchev–Trinajstić information content (AvgIpc) is 2.29. The van der Waals surface area contributed by atoms with Crippen molar-refractivity contribution < 1.29 is 19.8 Å². The summed E-state index contributed by atoms with van der Waals surface area (Å²) in [5, 5.41) is 20.1. The number of nitrogens with one attached hydrogen (secondary N) is 1. The van der Waals surface area contributed by atoms with Gasteiger partial charge in [0, 0.05) is 12.1 Å². The van der Waals surface area contributed by atoms with E-state index in [2.05, 4.69) is 5.32 Å². The molecule has 6 heteroatoms. The Morgan fingerprint density at radius 3 is 2.41 bits per heavy atom. The van der Waals surface area contributed by atoms with Crippen molar-refractivity contribution in [2.75, 3.05) is 5.32 Å². The minimum atomic E-state index is -1.12. The van der Waals surface area contributed by atoms with E-state index in [1.54, 1.807) is 12.1 Å². The van der Waals surface area contributed by atoms with Gasteiger partial charge in [0.05, 0.1) is 0 Å². The summed E-state index contributed by atoms with van der Waals surface area (Å²) < 4.78 is 0. The molecule has 0 bridgehead atoms. The van der Waals surface area contributed by atoms with Crippen molar-refractivity contribution in [3.63, 3.8) is 0 Å². The van der Waals surface area contributed by atoms with Gasteiger partial charge in [0.2, 0.25) is 5.91 Å².